The van der Waals surface area contributed by atoms with Crippen LogP contribution in [0.25, 0.3) is 0 Å². The zero-order chi connectivity index (χ0) is 12.1. The van der Waals surface area contributed by atoms with E-state index < -0.39 is 5.03 Å². The van der Waals surface area contributed by atoms with Gasteiger partial charge in [-0.1, -0.05) is 5.92 Å². The smallest absolute Gasteiger partial charge is 0.274 e. The third kappa shape index (κ3) is 3.10. The van der Waals surface area contributed by atoms with E-state index in [0.29, 0.717) is 25.9 Å². The molecule has 0 saturated carbocycles. The summed E-state index contributed by atoms with van der Waals surface area (Å²) in [5.41, 5.74) is 0. The van der Waals surface area contributed by atoms with Crippen molar-refractivity contribution >= 4 is 5.96 Å². The second-order valence-electron chi connectivity index (χ2n) is 3.72. The monoisotopic (exact) mass is 225 g/mol. The predicted octanol–water partition coefficient (Wildman–Crippen LogP) is -0.302. The summed E-state index contributed by atoms with van der Waals surface area (Å²) in [5, 5.41) is 15.7. The number of nitro groups is 1. The van der Waals surface area contributed by atoms with Crippen LogP contribution in [-0.4, -0.2) is 46.7 Å². The summed E-state index contributed by atoms with van der Waals surface area (Å²) in [5.74, 6) is 2.68. The highest BCUT2D eigenvalue weighted by Crippen LogP contribution is 2.05. The Hall–Kier alpha value is -1.81. The highest BCUT2D eigenvalue weighted by Gasteiger charge is 2.24. The summed E-state index contributed by atoms with van der Waals surface area (Å²) in [6, 6.07) is 0.338. The number of rotatable bonds is 3. The quantitative estimate of drug-likeness (QED) is 0.405. The summed E-state index contributed by atoms with van der Waals surface area (Å²) < 4.78 is 0. The van der Waals surface area contributed by atoms with Crippen LogP contribution < -0.4 is 5.32 Å². The van der Waals surface area contributed by atoms with Crippen molar-refractivity contribution in [3.05, 3.63) is 10.1 Å². The number of nitrogens with one attached hydrogen (secondary N) is 1. The van der Waals surface area contributed by atoms with Gasteiger partial charge < -0.3 is 10.2 Å². The minimum atomic E-state index is -0.725. The van der Waals surface area contributed by atoms with Crippen LogP contribution in [0.15, 0.2) is 5.10 Å². The van der Waals surface area contributed by atoms with Crippen molar-refractivity contribution in [2.45, 2.75) is 19.9 Å². The predicted molar refractivity (Wildman–Crippen MR) is 59.8 cm³/mol. The fourth-order valence-corrected chi connectivity index (χ4v) is 1.38. The molecule has 1 aliphatic heterocycles. The van der Waals surface area contributed by atoms with Gasteiger partial charge >= 0.3 is 0 Å². The van der Waals surface area contributed by atoms with Crippen molar-refractivity contribution in [1.29, 1.82) is 0 Å². The summed E-state index contributed by atoms with van der Waals surface area (Å²) in [4.78, 5) is 14.1. The Balaban J connectivity index is 2.75. The molecule has 0 unspecified atom stereocenters. The highest BCUT2D eigenvalue weighted by atomic mass is 16.7. The average molecular weight is 225 g/mol. The van der Waals surface area contributed by atoms with Crippen LogP contribution in [0.5, 0.6) is 0 Å². The van der Waals surface area contributed by atoms with Gasteiger partial charge in [-0.2, -0.15) is 0 Å². The second kappa shape index (κ2) is 5.32. The molecule has 0 aromatic rings. The highest BCUT2D eigenvalue weighted by molar-refractivity contribution is 5.80. The molecule has 0 radical (unpaired) electrons. The van der Waals surface area contributed by atoms with Gasteiger partial charge in [0.25, 0.3) is 5.96 Å². The molecule has 0 bridgehead atoms. The maximum Gasteiger partial charge on any atom is 0.274 e. The molecule has 0 atom stereocenters. The van der Waals surface area contributed by atoms with E-state index in [-0.39, 0.29) is 5.96 Å². The molecule has 0 amide bonds. The molecular weight excluding hydrogens is 210 g/mol. The van der Waals surface area contributed by atoms with Gasteiger partial charge in [0.05, 0.1) is 19.9 Å². The molecule has 88 valence electrons. The molecule has 1 saturated heterocycles. The molecule has 1 rings (SSSR count). The molecule has 0 spiro atoms. The van der Waals surface area contributed by atoms with Crippen LogP contribution in [0, 0.1) is 22.5 Å². The molecule has 7 nitrogen and oxygen atoms in total. The number of nitrogens with zero attached hydrogens (tertiary/aromatic N) is 4. The summed E-state index contributed by atoms with van der Waals surface area (Å²) in [6.07, 6.45) is 5.21. The van der Waals surface area contributed by atoms with Gasteiger partial charge in [-0.25, -0.2) is 10.1 Å². The summed E-state index contributed by atoms with van der Waals surface area (Å²) >= 11 is 0. The van der Waals surface area contributed by atoms with Crippen molar-refractivity contribution in [2.75, 3.05) is 19.9 Å². The number of hydrazone groups is 1. The summed E-state index contributed by atoms with van der Waals surface area (Å²) in [7, 11) is 0. The van der Waals surface area contributed by atoms with E-state index in [1.807, 2.05) is 13.8 Å². The van der Waals surface area contributed by atoms with E-state index in [1.165, 1.54) is 0 Å². The molecule has 7 heteroatoms. The van der Waals surface area contributed by atoms with Gasteiger partial charge in [-0.05, 0) is 13.8 Å². The van der Waals surface area contributed by atoms with E-state index in [2.05, 4.69) is 21.2 Å². The number of hydrogen-bond acceptors (Lipinski definition) is 3. The second-order valence-corrected chi connectivity index (χ2v) is 3.72. The number of guanidine groups is 1. The molecule has 16 heavy (non-hydrogen) atoms. The van der Waals surface area contributed by atoms with Crippen molar-refractivity contribution < 1.29 is 5.03 Å². The lowest BCUT2D eigenvalue weighted by Gasteiger charge is -2.38. The lowest BCUT2D eigenvalue weighted by Crippen LogP contribution is -2.58. The van der Waals surface area contributed by atoms with E-state index in [9.17, 15) is 10.1 Å². The number of hydrogen-bond donors (Lipinski definition) is 1. The van der Waals surface area contributed by atoms with Crippen molar-refractivity contribution in [2.24, 2.45) is 5.10 Å². The van der Waals surface area contributed by atoms with Gasteiger partial charge in [0.1, 0.15) is 5.10 Å². The normalized spacial score (nSPS) is 19.6. The van der Waals surface area contributed by atoms with Crippen LogP contribution in [-0.2, 0) is 0 Å². The van der Waals surface area contributed by atoms with E-state index in [1.54, 1.807) is 4.90 Å². The van der Waals surface area contributed by atoms with Crippen LogP contribution in [0.3, 0.4) is 0 Å². The van der Waals surface area contributed by atoms with Crippen LogP contribution in [0.4, 0.5) is 0 Å². The SMILES string of the molecule is C#CCN1CN(C(C)C)CNC1=N[N+](=O)[O-]. The molecule has 1 heterocycles. The fourth-order valence-electron chi connectivity index (χ4n) is 1.38. The first-order chi connectivity index (χ1) is 7.54. The minimum absolute atomic E-state index is 0.222. The molecule has 1 N–H and O–H groups in total. The minimum Gasteiger partial charge on any atom is -0.338 e. The Morgan fingerprint density at radius 2 is 2.44 bits per heavy atom. The van der Waals surface area contributed by atoms with Crippen molar-refractivity contribution in [3.63, 3.8) is 0 Å². The first-order valence-electron chi connectivity index (χ1n) is 4.94. The maximum absolute atomic E-state index is 10.3. The molecule has 1 fully saturated rings. The van der Waals surface area contributed by atoms with Crippen molar-refractivity contribution in [1.82, 2.24) is 15.1 Å². The van der Waals surface area contributed by atoms with Crippen LogP contribution >= 0.6 is 0 Å². The lowest BCUT2D eigenvalue weighted by molar-refractivity contribution is -0.486. The van der Waals surface area contributed by atoms with E-state index in [4.69, 9.17) is 6.42 Å². The molecular formula is C9H15N5O2. The van der Waals surface area contributed by atoms with Crippen molar-refractivity contribution in [3.8, 4) is 12.3 Å². The van der Waals surface area contributed by atoms with Gasteiger partial charge in [0.2, 0.25) is 0 Å². The molecule has 1 aliphatic rings. The standard InChI is InChI=1S/C9H15N5O2/c1-4-5-12-7-13(8(2)3)6-10-9(12)11-14(15)16/h1,8H,5-7H2,2-3H3,(H,10,11). The first kappa shape index (κ1) is 12.3. The zero-order valence-electron chi connectivity index (χ0n) is 9.38. The van der Waals surface area contributed by atoms with Gasteiger partial charge in [-0.15, -0.1) is 6.42 Å². The zero-order valence-corrected chi connectivity index (χ0v) is 9.38. The van der Waals surface area contributed by atoms with Gasteiger partial charge in [0, 0.05) is 6.04 Å². The first-order valence-corrected chi connectivity index (χ1v) is 4.94. The largest absolute Gasteiger partial charge is 0.338 e. The number of terminal acetylenes is 1. The Kier molecular flexibility index (Phi) is 4.08. The van der Waals surface area contributed by atoms with Crippen LogP contribution in [0.1, 0.15) is 13.8 Å². The topological polar surface area (TPSA) is 74.0 Å². The van der Waals surface area contributed by atoms with E-state index in [0.717, 1.165) is 0 Å². The molecule has 0 aliphatic carbocycles. The fraction of sp³-hybridized carbons (Fsp3) is 0.667. The van der Waals surface area contributed by atoms with Gasteiger partial charge in [-0.3, -0.25) is 4.90 Å². The average Bonchev–Trinajstić information content (AvgIpc) is 2.20. The Labute approximate surface area is 94.2 Å². The molecule has 0 aromatic heterocycles. The Morgan fingerprint density at radius 3 is 2.94 bits per heavy atom. The summed E-state index contributed by atoms with van der Waals surface area (Å²) in [6.45, 7) is 5.46. The Morgan fingerprint density at radius 1 is 1.75 bits per heavy atom. The van der Waals surface area contributed by atoms with Crippen LogP contribution in [0.2, 0.25) is 0 Å². The lowest BCUT2D eigenvalue weighted by atomic mass is 10.3. The van der Waals surface area contributed by atoms with E-state index >= 15 is 0 Å². The third-order valence-electron chi connectivity index (χ3n) is 2.28. The third-order valence-corrected chi connectivity index (χ3v) is 2.28. The molecule has 0 aromatic carbocycles. The Bertz CT molecular complexity index is 333. The maximum atomic E-state index is 10.3. The van der Waals surface area contributed by atoms with Gasteiger partial charge in [0.15, 0.2) is 5.03 Å².